The van der Waals surface area contributed by atoms with Gasteiger partial charge in [-0.25, -0.2) is 0 Å². The van der Waals surface area contributed by atoms with Gasteiger partial charge >= 0.3 is 5.97 Å². The van der Waals surface area contributed by atoms with Crippen molar-refractivity contribution in [3.63, 3.8) is 0 Å². The summed E-state index contributed by atoms with van der Waals surface area (Å²) in [4.78, 5) is 14.5. The zero-order valence-electron chi connectivity index (χ0n) is 11.5. The minimum atomic E-state index is -0.308. The zero-order chi connectivity index (χ0) is 13.3. The smallest absolute Gasteiger partial charge is 0.313 e. The largest absolute Gasteiger partial charge is 0.462 e. The van der Waals surface area contributed by atoms with Gasteiger partial charge in [-0.05, 0) is 38.3 Å². The normalized spacial score (nSPS) is 27.4. The predicted molar refractivity (Wildman–Crippen MR) is 73.6 cm³/mol. The van der Waals surface area contributed by atoms with Crippen molar-refractivity contribution in [2.45, 2.75) is 38.8 Å². The van der Waals surface area contributed by atoms with Gasteiger partial charge in [0.25, 0.3) is 0 Å². The molecule has 19 heavy (non-hydrogen) atoms. The minimum Gasteiger partial charge on any atom is -0.462 e. The van der Waals surface area contributed by atoms with Crippen molar-refractivity contribution in [3.8, 4) is 0 Å². The molecule has 2 fully saturated rings. The molecule has 0 spiro atoms. The second kappa shape index (κ2) is 4.97. The Bertz CT molecular complexity index is 455. The molecule has 0 aromatic heterocycles. The Labute approximate surface area is 114 Å². The molecule has 3 rings (SSSR count). The van der Waals surface area contributed by atoms with Gasteiger partial charge in [0.1, 0.15) is 6.10 Å². The van der Waals surface area contributed by atoms with Gasteiger partial charge in [0, 0.05) is 13.1 Å². The number of carbonyl (C=O) groups is 1. The van der Waals surface area contributed by atoms with Crippen LogP contribution in [0.3, 0.4) is 0 Å². The first-order valence-corrected chi connectivity index (χ1v) is 7.13. The Morgan fingerprint density at radius 2 is 2.11 bits per heavy atom. The minimum absolute atomic E-state index is 0.00515. The van der Waals surface area contributed by atoms with E-state index in [9.17, 15) is 4.79 Å². The Kier molecular flexibility index (Phi) is 3.31. The molecule has 3 nitrogen and oxygen atoms in total. The van der Waals surface area contributed by atoms with Gasteiger partial charge in [-0.3, -0.25) is 9.69 Å². The molecule has 0 amide bonds. The van der Waals surface area contributed by atoms with Crippen LogP contribution in [0.4, 0.5) is 0 Å². The van der Waals surface area contributed by atoms with Crippen molar-refractivity contribution in [1.29, 1.82) is 0 Å². The molecule has 1 aliphatic heterocycles. The summed E-state index contributed by atoms with van der Waals surface area (Å²) < 4.78 is 5.48. The fraction of sp³-hybridized carbons (Fsp3) is 0.562. The summed E-state index contributed by atoms with van der Waals surface area (Å²) in [7, 11) is 0. The first-order valence-electron chi connectivity index (χ1n) is 7.13. The monoisotopic (exact) mass is 259 g/mol. The van der Waals surface area contributed by atoms with E-state index in [2.05, 4.69) is 29.2 Å². The van der Waals surface area contributed by atoms with Gasteiger partial charge in [-0.1, -0.05) is 30.3 Å². The van der Waals surface area contributed by atoms with E-state index in [4.69, 9.17) is 4.74 Å². The van der Waals surface area contributed by atoms with E-state index in [0.717, 1.165) is 38.9 Å². The van der Waals surface area contributed by atoms with E-state index in [1.165, 1.54) is 5.56 Å². The van der Waals surface area contributed by atoms with Crippen LogP contribution in [-0.2, 0) is 16.1 Å². The lowest BCUT2D eigenvalue weighted by atomic mass is 9.90. The standard InChI is InChI=1S/C16H21NO2/c1-16(15(18)19-14-7-8-14)9-10-17(12-16)11-13-5-3-2-4-6-13/h2-6,14H,7-12H2,1H3. The second-order valence-electron chi connectivity index (χ2n) is 6.11. The highest BCUT2D eigenvalue weighted by molar-refractivity contribution is 5.77. The number of hydrogen-bond acceptors (Lipinski definition) is 3. The molecular weight excluding hydrogens is 238 g/mol. The van der Waals surface area contributed by atoms with Crippen molar-refractivity contribution in [3.05, 3.63) is 35.9 Å². The van der Waals surface area contributed by atoms with Gasteiger partial charge in [-0.2, -0.15) is 0 Å². The summed E-state index contributed by atoms with van der Waals surface area (Å²) in [6, 6.07) is 10.4. The van der Waals surface area contributed by atoms with Crippen LogP contribution in [0.5, 0.6) is 0 Å². The van der Waals surface area contributed by atoms with Crippen molar-refractivity contribution in [2.24, 2.45) is 5.41 Å². The summed E-state index contributed by atoms with van der Waals surface area (Å²) in [6.45, 7) is 4.76. The highest BCUT2D eigenvalue weighted by Crippen LogP contribution is 2.35. The number of carbonyl (C=O) groups excluding carboxylic acids is 1. The van der Waals surface area contributed by atoms with E-state index in [1.807, 2.05) is 13.0 Å². The third-order valence-corrected chi connectivity index (χ3v) is 4.09. The van der Waals surface area contributed by atoms with Crippen LogP contribution in [0.2, 0.25) is 0 Å². The molecule has 1 saturated carbocycles. The first-order chi connectivity index (χ1) is 9.16. The molecule has 2 aliphatic rings. The molecule has 3 heteroatoms. The van der Waals surface area contributed by atoms with Crippen LogP contribution in [0.25, 0.3) is 0 Å². The molecule has 1 aromatic rings. The number of likely N-dealkylation sites (tertiary alicyclic amines) is 1. The maximum Gasteiger partial charge on any atom is 0.313 e. The van der Waals surface area contributed by atoms with Crippen molar-refractivity contribution in [1.82, 2.24) is 4.90 Å². The van der Waals surface area contributed by atoms with Crippen LogP contribution in [0, 0.1) is 5.41 Å². The molecule has 1 unspecified atom stereocenters. The van der Waals surface area contributed by atoms with E-state index < -0.39 is 0 Å². The molecule has 1 saturated heterocycles. The summed E-state index contributed by atoms with van der Waals surface area (Å²) in [5.74, 6) is 0.00515. The lowest BCUT2D eigenvalue weighted by Gasteiger charge is -2.22. The van der Waals surface area contributed by atoms with E-state index >= 15 is 0 Å². The molecule has 1 aliphatic carbocycles. The SMILES string of the molecule is CC1(C(=O)OC2CC2)CCN(Cc2ccccc2)C1. The van der Waals surface area contributed by atoms with Crippen LogP contribution in [-0.4, -0.2) is 30.1 Å². The Hall–Kier alpha value is -1.35. The average molecular weight is 259 g/mol. The maximum absolute atomic E-state index is 12.2. The van der Waals surface area contributed by atoms with Gasteiger partial charge in [0.2, 0.25) is 0 Å². The van der Waals surface area contributed by atoms with Crippen LogP contribution < -0.4 is 0 Å². The number of rotatable bonds is 4. The number of ether oxygens (including phenoxy) is 1. The number of hydrogen-bond donors (Lipinski definition) is 0. The summed E-state index contributed by atoms with van der Waals surface area (Å²) in [6.07, 6.45) is 3.23. The van der Waals surface area contributed by atoms with Crippen molar-refractivity contribution < 1.29 is 9.53 Å². The molecule has 1 aromatic carbocycles. The fourth-order valence-corrected chi connectivity index (χ4v) is 2.68. The van der Waals surface area contributed by atoms with E-state index in [0.29, 0.717) is 0 Å². The molecular formula is C16H21NO2. The van der Waals surface area contributed by atoms with E-state index in [-0.39, 0.29) is 17.5 Å². The van der Waals surface area contributed by atoms with Gasteiger partial charge < -0.3 is 4.74 Å². The highest BCUT2D eigenvalue weighted by atomic mass is 16.5. The molecule has 0 N–H and O–H groups in total. The van der Waals surface area contributed by atoms with Crippen LogP contribution in [0.15, 0.2) is 30.3 Å². The third-order valence-electron chi connectivity index (χ3n) is 4.09. The fourth-order valence-electron chi connectivity index (χ4n) is 2.68. The molecule has 102 valence electrons. The Morgan fingerprint density at radius 1 is 1.37 bits per heavy atom. The van der Waals surface area contributed by atoms with Gasteiger partial charge in [0.05, 0.1) is 5.41 Å². The zero-order valence-corrected chi connectivity index (χ0v) is 11.5. The second-order valence-corrected chi connectivity index (χ2v) is 6.11. The number of nitrogens with zero attached hydrogens (tertiary/aromatic N) is 1. The van der Waals surface area contributed by atoms with Crippen LogP contribution in [0.1, 0.15) is 31.7 Å². The van der Waals surface area contributed by atoms with Crippen molar-refractivity contribution in [2.75, 3.05) is 13.1 Å². The molecule has 0 bridgehead atoms. The van der Waals surface area contributed by atoms with Gasteiger partial charge in [-0.15, -0.1) is 0 Å². The van der Waals surface area contributed by atoms with Crippen LogP contribution >= 0.6 is 0 Å². The third kappa shape index (κ3) is 2.98. The lowest BCUT2D eigenvalue weighted by molar-refractivity contribution is -0.155. The quantitative estimate of drug-likeness (QED) is 0.778. The van der Waals surface area contributed by atoms with Gasteiger partial charge in [0.15, 0.2) is 0 Å². The first kappa shape index (κ1) is 12.7. The van der Waals surface area contributed by atoms with E-state index in [1.54, 1.807) is 0 Å². The predicted octanol–water partition coefficient (Wildman–Crippen LogP) is 2.60. The average Bonchev–Trinajstić information content (AvgIpc) is 3.14. The highest BCUT2D eigenvalue weighted by Gasteiger charge is 2.43. The maximum atomic E-state index is 12.2. The Balaban J connectivity index is 1.58. The van der Waals surface area contributed by atoms with Crippen molar-refractivity contribution >= 4 is 5.97 Å². The topological polar surface area (TPSA) is 29.5 Å². The lowest BCUT2D eigenvalue weighted by Crippen LogP contribution is -2.33. The summed E-state index contributed by atoms with van der Waals surface area (Å²) in [5.41, 5.74) is 1.000. The molecule has 0 radical (unpaired) electrons. The molecule has 1 heterocycles. The summed E-state index contributed by atoms with van der Waals surface area (Å²) in [5, 5.41) is 0. The summed E-state index contributed by atoms with van der Waals surface area (Å²) >= 11 is 0. The molecule has 1 atom stereocenters. The number of esters is 1. The Morgan fingerprint density at radius 3 is 2.79 bits per heavy atom. The number of benzene rings is 1.